The number of aliphatic hydroxyl groups is 1. The van der Waals surface area contributed by atoms with Crippen molar-refractivity contribution in [2.75, 3.05) is 30.3 Å². The summed E-state index contributed by atoms with van der Waals surface area (Å²) in [6, 6.07) is 0.893. The van der Waals surface area contributed by atoms with E-state index >= 15 is 0 Å². The lowest BCUT2D eigenvalue weighted by molar-refractivity contribution is -0.141. The number of nitrogens with zero attached hydrogens (tertiary/aromatic N) is 2. The first-order valence-corrected chi connectivity index (χ1v) is 6.93. The van der Waals surface area contributed by atoms with Gasteiger partial charge in [-0.15, -0.1) is 0 Å². The molecule has 1 fully saturated rings. The molecule has 2 rings (SSSR count). The molecule has 0 unspecified atom stereocenters. The summed E-state index contributed by atoms with van der Waals surface area (Å²) >= 11 is 0. The fourth-order valence-electron chi connectivity index (χ4n) is 1.84. The van der Waals surface area contributed by atoms with Crippen molar-refractivity contribution >= 4 is 11.8 Å². The molecular formula is C13H19F3N4O. The number of hydrogen-bond acceptors (Lipinski definition) is 5. The smallest absolute Gasteiger partial charge is 0.396 e. The zero-order valence-corrected chi connectivity index (χ0v) is 11.8. The summed E-state index contributed by atoms with van der Waals surface area (Å²) in [6.45, 7) is 2.84. The van der Waals surface area contributed by atoms with Gasteiger partial charge in [0.05, 0.1) is 6.61 Å². The molecule has 1 heterocycles. The number of nitrogens with one attached hydrogen (secondary N) is 2. The highest BCUT2D eigenvalue weighted by atomic mass is 19.4. The first-order valence-electron chi connectivity index (χ1n) is 6.93. The van der Waals surface area contributed by atoms with Crippen molar-refractivity contribution in [2.45, 2.75) is 32.4 Å². The van der Waals surface area contributed by atoms with Crippen molar-refractivity contribution in [2.24, 2.45) is 5.41 Å². The fourth-order valence-corrected chi connectivity index (χ4v) is 1.84. The van der Waals surface area contributed by atoms with Gasteiger partial charge in [0.2, 0.25) is 5.95 Å². The summed E-state index contributed by atoms with van der Waals surface area (Å²) in [4.78, 5) is 7.52. The molecule has 1 aliphatic carbocycles. The van der Waals surface area contributed by atoms with Crippen LogP contribution in [0, 0.1) is 5.41 Å². The number of halogens is 3. The van der Waals surface area contributed by atoms with E-state index in [1.807, 2.05) is 6.92 Å². The molecule has 0 saturated heterocycles. The summed E-state index contributed by atoms with van der Waals surface area (Å²) < 4.78 is 38.5. The third-order valence-electron chi connectivity index (χ3n) is 3.49. The molecule has 1 aliphatic rings. The van der Waals surface area contributed by atoms with Crippen molar-refractivity contribution in [1.29, 1.82) is 0 Å². The van der Waals surface area contributed by atoms with Gasteiger partial charge in [-0.1, -0.05) is 6.92 Å². The standard InChI is InChI=1S/C13H19F3N4O/c1-2-5-17-11-19-9(13(14,15)16)6-10(20-11)18-7-12(8-21)3-4-12/h6,21H,2-5,7-8H2,1H3,(H2,17,18,19,20). The van der Waals surface area contributed by atoms with Gasteiger partial charge in [0.25, 0.3) is 0 Å². The normalized spacial score (nSPS) is 16.6. The number of aliphatic hydroxyl groups excluding tert-OH is 1. The first kappa shape index (κ1) is 15.8. The van der Waals surface area contributed by atoms with Crippen molar-refractivity contribution in [3.8, 4) is 0 Å². The molecule has 3 N–H and O–H groups in total. The Kier molecular flexibility index (Phi) is 4.55. The molecule has 1 aromatic rings. The zero-order chi connectivity index (χ0) is 15.5. The second-order valence-corrected chi connectivity index (χ2v) is 5.40. The molecule has 21 heavy (non-hydrogen) atoms. The van der Waals surface area contributed by atoms with E-state index in [1.54, 1.807) is 0 Å². The van der Waals surface area contributed by atoms with Crippen LogP contribution in [0.15, 0.2) is 6.07 Å². The van der Waals surface area contributed by atoms with E-state index in [2.05, 4.69) is 20.6 Å². The Morgan fingerprint density at radius 2 is 2.00 bits per heavy atom. The van der Waals surface area contributed by atoms with Crippen LogP contribution < -0.4 is 10.6 Å². The summed E-state index contributed by atoms with van der Waals surface area (Å²) in [7, 11) is 0. The van der Waals surface area contributed by atoms with E-state index in [9.17, 15) is 18.3 Å². The molecule has 1 aromatic heterocycles. The minimum atomic E-state index is -4.52. The SMILES string of the molecule is CCCNc1nc(NCC2(CO)CC2)cc(C(F)(F)F)n1. The van der Waals surface area contributed by atoms with E-state index in [1.165, 1.54) is 0 Å². The summed E-state index contributed by atoms with van der Waals surface area (Å²) in [5.41, 5.74) is -1.19. The van der Waals surface area contributed by atoms with Crippen molar-refractivity contribution in [1.82, 2.24) is 9.97 Å². The second-order valence-electron chi connectivity index (χ2n) is 5.40. The minimum Gasteiger partial charge on any atom is -0.396 e. The van der Waals surface area contributed by atoms with Crippen LogP contribution in [0.2, 0.25) is 0 Å². The lowest BCUT2D eigenvalue weighted by Crippen LogP contribution is -2.21. The first-order chi connectivity index (χ1) is 9.88. The molecule has 0 atom stereocenters. The fraction of sp³-hybridized carbons (Fsp3) is 0.692. The van der Waals surface area contributed by atoms with Crippen LogP contribution in [0.3, 0.4) is 0 Å². The number of anilines is 2. The lowest BCUT2D eigenvalue weighted by atomic mass is 10.1. The van der Waals surface area contributed by atoms with Crippen molar-refractivity contribution in [3.05, 3.63) is 11.8 Å². The number of alkyl halides is 3. The van der Waals surface area contributed by atoms with Crippen LogP contribution in [-0.2, 0) is 6.18 Å². The van der Waals surface area contributed by atoms with Crippen LogP contribution in [0.4, 0.5) is 24.9 Å². The molecule has 0 aromatic carbocycles. The van der Waals surface area contributed by atoms with Gasteiger partial charge < -0.3 is 15.7 Å². The third-order valence-corrected chi connectivity index (χ3v) is 3.49. The molecule has 0 radical (unpaired) electrons. The average molecular weight is 304 g/mol. The summed E-state index contributed by atoms with van der Waals surface area (Å²) in [6.07, 6.45) is -2.02. The Balaban J connectivity index is 2.14. The molecule has 0 spiro atoms. The quantitative estimate of drug-likeness (QED) is 0.722. The predicted octanol–water partition coefficient (Wildman–Crippen LogP) is 2.50. The Morgan fingerprint density at radius 1 is 1.29 bits per heavy atom. The Hall–Kier alpha value is -1.57. The number of aromatic nitrogens is 2. The maximum Gasteiger partial charge on any atom is 0.433 e. The van der Waals surface area contributed by atoms with Gasteiger partial charge in [-0.2, -0.15) is 18.2 Å². The highest BCUT2D eigenvalue weighted by Crippen LogP contribution is 2.45. The number of rotatable bonds is 7. The highest BCUT2D eigenvalue weighted by molar-refractivity contribution is 5.43. The van der Waals surface area contributed by atoms with Gasteiger partial charge >= 0.3 is 6.18 Å². The minimum absolute atomic E-state index is 0.0259. The van der Waals surface area contributed by atoms with E-state index in [0.717, 1.165) is 25.3 Å². The van der Waals surface area contributed by atoms with Gasteiger partial charge in [-0.25, -0.2) is 4.98 Å². The second kappa shape index (κ2) is 6.05. The lowest BCUT2D eigenvalue weighted by Gasteiger charge is -2.15. The molecule has 0 amide bonds. The summed E-state index contributed by atoms with van der Waals surface area (Å²) in [5.74, 6) is 0.0821. The Bertz CT molecular complexity index is 489. The maximum atomic E-state index is 12.8. The monoisotopic (exact) mass is 304 g/mol. The van der Waals surface area contributed by atoms with Crippen LogP contribution in [0.1, 0.15) is 31.9 Å². The Labute approximate surface area is 121 Å². The molecular weight excluding hydrogens is 285 g/mol. The summed E-state index contributed by atoms with van der Waals surface area (Å²) in [5, 5.41) is 14.9. The molecule has 0 bridgehead atoms. The molecule has 118 valence electrons. The van der Waals surface area contributed by atoms with E-state index < -0.39 is 11.9 Å². The van der Waals surface area contributed by atoms with Gasteiger partial charge in [-0.3, -0.25) is 0 Å². The maximum absolute atomic E-state index is 12.8. The predicted molar refractivity (Wildman–Crippen MR) is 73.1 cm³/mol. The van der Waals surface area contributed by atoms with E-state index in [-0.39, 0.29) is 23.8 Å². The van der Waals surface area contributed by atoms with E-state index in [4.69, 9.17) is 0 Å². The average Bonchev–Trinajstić information content (AvgIpc) is 3.22. The van der Waals surface area contributed by atoms with Crippen molar-refractivity contribution < 1.29 is 18.3 Å². The Morgan fingerprint density at radius 3 is 2.52 bits per heavy atom. The van der Waals surface area contributed by atoms with Crippen molar-refractivity contribution in [3.63, 3.8) is 0 Å². The third kappa shape index (κ3) is 4.20. The van der Waals surface area contributed by atoms with Crippen LogP contribution in [-0.4, -0.2) is 34.8 Å². The molecule has 8 heteroatoms. The molecule has 1 saturated carbocycles. The van der Waals surface area contributed by atoms with Gasteiger partial charge in [0.1, 0.15) is 5.82 Å². The molecule has 0 aliphatic heterocycles. The van der Waals surface area contributed by atoms with Gasteiger partial charge in [0, 0.05) is 24.6 Å². The number of hydrogen-bond donors (Lipinski definition) is 3. The van der Waals surface area contributed by atoms with E-state index in [0.29, 0.717) is 13.1 Å². The largest absolute Gasteiger partial charge is 0.433 e. The van der Waals surface area contributed by atoms with Crippen LogP contribution in [0.5, 0.6) is 0 Å². The van der Waals surface area contributed by atoms with Gasteiger partial charge in [0.15, 0.2) is 5.69 Å². The highest BCUT2D eigenvalue weighted by Gasteiger charge is 2.42. The van der Waals surface area contributed by atoms with Gasteiger partial charge in [-0.05, 0) is 19.3 Å². The zero-order valence-electron chi connectivity index (χ0n) is 11.8. The van der Waals surface area contributed by atoms with Crippen LogP contribution in [0.25, 0.3) is 0 Å². The van der Waals surface area contributed by atoms with Crippen LogP contribution >= 0.6 is 0 Å². The molecule has 5 nitrogen and oxygen atoms in total. The topological polar surface area (TPSA) is 70.1 Å².